The molecule has 2 aromatic carbocycles. The molecule has 0 atom stereocenters. The van der Waals surface area contributed by atoms with E-state index in [1.807, 2.05) is 46.2 Å². The molecular formula is C18H18IN3O3. The Bertz CT molecular complexity index is 782. The number of hydrogen-bond donors (Lipinski definition) is 0. The van der Waals surface area contributed by atoms with Crippen LogP contribution in [-0.4, -0.2) is 41.9 Å². The van der Waals surface area contributed by atoms with Crippen molar-refractivity contribution in [3.05, 3.63) is 67.8 Å². The standard InChI is InChI=1S/C18H18IN3O3/c19-15-7-8-16(17(13-15)22(24)25)20-9-4-10-21(12-11-20)18(23)14-5-2-1-3-6-14/h1-3,5-8,13H,4,9-12H2. The molecule has 1 heterocycles. The number of rotatable bonds is 3. The number of carbonyl (C=O) groups is 1. The second kappa shape index (κ2) is 7.81. The van der Waals surface area contributed by atoms with Crippen LogP contribution in [0.4, 0.5) is 11.4 Å². The lowest BCUT2D eigenvalue weighted by molar-refractivity contribution is -0.384. The molecule has 2 aromatic rings. The quantitative estimate of drug-likeness (QED) is 0.407. The second-order valence-corrected chi connectivity index (χ2v) is 7.13. The van der Waals surface area contributed by atoms with E-state index in [9.17, 15) is 14.9 Å². The van der Waals surface area contributed by atoms with Gasteiger partial charge in [0.15, 0.2) is 0 Å². The fourth-order valence-electron chi connectivity index (χ4n) is 3.03. The van der Waals surface area contributed by atoms with Gasteiger partial charge in [0.2, 0.25) is 0 Å². The van der Waals surface area contributed by atoms with Crippen molar-refractivity contribution in [1.82, 2.24) is 4.90 Å². The van der Waals surface area contributed by atoms with Gasteiger partial charge >= 0.3 is 0 Å². The molecule has 3 rings (SSSR count). The van der Waals surface area contributed by atoms with Crippen LogP contribution in [-0.2, 0) is 0 Å². The number of nitro benzene ring substituents is 1. The molecule has 7 heteroatoms. The van der Waals surface area contributed by atoms with Gasteiger partial charge < -0.3 is 9.80 Å². The highest BCUT2D eigenvalue weighted by atomic mass is 127. The first-order valence-electron chi connectivity index (χ1n) is 8.09. The summed E-state index contributed by atoms with van der Waals surface area (Å²) in [6.07, 6.45) is 0.779. The Hall–Kier alpha value is -2.16. The smallest absolute Gasteiger partial charge is 0.293 e. The van der Waals surface area contributed by atoms with E-state index in [4.69, 9.17) is 0 Å². The summed E-state index contributed by atoms with van der Waals surface area (Å²) < 4.78 is 0.837. The van der Waals surface area contributed by atoms with Crippen LogP contribution in [0.1, 0.15) is 16.8 Å². The van der Waals surface area contributed by atoms with Crippen LogP contribution in [0.2, 0.25) is 0 Å². The molecule has 0 radical (unpaired) electrons. The minimum atomic E-state index is -0.338. The molecule has 1 fully saturated rings. The summed E-state index contributed by atoms with van der Waals surface area (Å²) in [5.41, 5.74) is 1.42. The van der Waals surface area contributed by atoms with Crippen molar-refractivity contribution in [2.24, 2.45) is 0 Å². The van der Waals surface area contributed by atoms with Crippen molar-refractivity contribution < 1.29 is 9.72 Å². The van der Waals surface area contributed by atoms with E-state index in [2.05, 4.69) is 22.6 Å². The first kappa shape index (κ1) is 17.7. The maximum absolute atomic E-state index is 12.6. The van der Waals surface area contributed by atoms with E-state index in [-0.39, 0.29) is 16.5 Å². The van der Waals surface area contributed by atoms with E-state index in [1.54, 1.807) is 12.1 Å². The molecule has 1 aliphatic rings. The highest BCUT2D eigenvalue weighted by Gasteiger charge is 2.24. The number of nitrogens with zero attached hydrogens (tertiary/aromatic N) is 3. The van der Waals surface area contributed by atoms with Crippen LogP contribution in [0.15, 0.2) is 48.5 Å². The minimum absolute atomic E-state index is 0.0135. The fraction of sp³-hybridized carbons (Fsp3) is 0.278. The summed E-state index contributed by atoms with van der Waals surface area (Å²) >= 11 is 2.08. The topological polar surface area (TPSA) is 66.7 Å². The van der Waals surface area contributed by atoms with Gasteiger partial charge in [-0.25, -0.2) is 0 Å². The van der Waals surface area contributed by atoms with Gasteiger partial charge in [-0.1, -0.05) is 18.2 Å². The largest absolute Gasteiger partial charge is 0.364 e. The molecule has 0 aliphatic carbocycles. The summed E-state index contributed by atoms with van der Waals surface area (Å²) in [4.78, 5) is 27.5. The average molecular weight is 451 g/mol. The van der Waals surface area contributed by atoms with E-state index >= 15 is 0 Å². The third kappa shape index (κ3) is 4.09. The lowest BCUT2D eigenvalue weighted by Crippen LogP contribution is -2.35. The number of benzene rings is 2. The number of nitro groups is 1. The molecule has 0 unspecified atom stereocenters. The Morgan fingerprint density at radius 2 is 1.80 bits per heavy atom. The normalized spacial score (nSPS) is 14.9. The average Bonchev–Trinajstić information content (AvgIpc) is 2.88. The van der Waals surface area contributed by atoms with Crippen LogP contribution in [0, 0.1) is 13.7 Å². The Kier molecular flexibility index (Phi) is 5.52. The third-order valence-corrected chi connectivity index (χ3v) is 4.95. The molecule has 1 saturated heterocycles. The monoisotopic (exact) mass is 451 g/mol. The summed E-state index contributed by atoms with van der Waals surface area (Å²) in [6, 6.07) is 14.5. The summed E-state index contributed by atoms with van der Waals surface area (Å²) in [5.74, 6) is 0.0135. The van der Waals surface area contributed by atoms with Gasteiger partial charge in [-0.3, -0.25) is 14.9 Å². The van der Waals surface area contributed by atoms with Crippen molar-refractivity contribution >= 4 is 39.9 Å². The van der Waals surface area contributed by atoms with Crippen molar-refractivity contribution in [1.29, 1.82) is 0 Å². The van der Waals surface area contributed by atoms with E-state index in [0.29, 0.717) is 37.4 Å². The number of anilines is 1. The number of carbonyl (C=O) groups excluding carboxylic acids is 1. The van der Waals surface area contributed by atoms with Crippen LogP contribution < -0.4 is 4.90 Å². The highest BCUT2D eigenvalue weighted by molar-refractivity contribution is 14.1. The van der Waals surface area contributed by atoms with Crippen molar-refractivity contribution in [3.8, 4) is 0 Å². The van der Waals surface area contributed by atoms with E-state index in [0.717, 1.165) is 9.99 Å². The molecule has 130 valence electrons. The predicted octanol–water partition coefficient (Wildman–Crippen LogP) is 3.55. The van der Waals surface area contributed by atoms with Gasteiger partial charge in [-0.2, -0.15) is 0 Å². The van der Waals surface area contributed by atoms with E-state index < -0.39 is 0 Å². The predicted molar refractivity (Wildman–Crippen MR) is 105 cm³/mol. The van der Waals surface area contributed by atoms with Gasteiger partial charge in [0, 0.05) is 41.4 Å². The number of halogens is 1. The second-order valence-electron chi connectivity index (χ2n) is 5.89. The van der Waals surface area contributed by atoms with Crippen molar-refractivity contribution in [3.63, 3.8) is 0 Å². The lowest BCUT2D eigenvalue weighted by atomic mass is 10.2. The van der Waals surface area contributed by atoms with Gasteiger partial charge in [0.05, 0.1) is 4.92 Å². The Morgan fingerprint density at radius 1 is 1.04 bits per heavy atom. The Balaban J connectivity index is 1.76. The van der Waals surface area contributed by atoms with Crippen LogP contribution in [0.25, 0.3) is 0 Å². The zero-order chi connectivity index (χ0) is 17.8. The zero-order valence-corrected chi connectivity index (χ0v) is 15.8. The molecular weight excluding hydrogens is 433 g/mol. The van der Waals surface area contributed by atoms with Crippen LogP contribution >= 0.6 is 22.6 Å². The summed E-state index contributed by atoms with van der Waals surface area (Å²) in [5, 5.41) is 11.4. The van der Waals surface area contributed by atoms with Crippen molar-refractivity contribution in [2.75, 3.05) is 31.1 Å². The molecule has 6 nitrogen and oxygen atoms in total. The minimum Gasteiger partial charge on any atom is -0.364 e. The summed E-state index contributed by atoms with van der Waals surface area (Å²) in [7, 11) is 0. The maximum atomic E-state index is 12.6. The SMILES string of the molecule is O=C(c1ccccc1)N1CCCN(c2ccc(I)cc2[N+](=O)[O-])CC1. The van der Waals surface area contributed by atoms with E-state index in [1.165, 1.54) is 0 Å². The Labute approximate surface area is 159 Å². The first-order chi connectivity index (χ1) is 12.1. The lowest BCUT2D eigenvalue weighted by Gasteiger charge is -2.23. The van der Waals surface area contributed by atoms with Gasteiger partial charge in [0.1, 0.15) is 5.69 Å². The van der Waals surface area contributed by atoms with Gasteiger partial charge in [0.25, 0.3) is 11.6 Å². The number of hydrogen-bond acceptors (Lipinski definition) is 4. The van der Waals surface area contributed by atoms with Crippen LogP contribution in [0.5, 0.6) is 0 Å². The van der Waals surface area contributed by atoms with Crippen molar-refractivity contribution in [2.45, 2.75) is 6.42 Å². The van der Waals surface area contributed by atoms with Crippen LogP contribution in [0.3, 0.4) is 0 Å². The number of amides is 1. The molecule has 0 aromatic heterocycles. The zero-order valence-electron chi connectivity index (χ0n) is 13.6. The molecule has 0 N–H and O–H groups in total. The Morgan fingerprint density at radius 3 is 2.52 bits per heavy atom. The molecule has 25 heavy (non-hydrogen) atoms. The van der Waals surface area contributed by atoms with Gasteiger partial charge in [-0.05, 0) is 53.3 Å². The molecule has 1 amide bonds. The fourth-order valence-corrected chi connectivity index (χ4v) is 3.51. The molecule has 0 saturated carbocycles. The summed E-state index contributed by atoms with van der Waals surface area (Å²) in [6.45, 7) is 2.49. The first-order valence-corrected chi connectivity index (χ1v) is 9.17. The molecule has 0 spiro atoms. The molecule has 1 aliphatic heterocycles. The highest BCUT2D eigenvalue weighted by Crippen LogP contribution is 2.30. The maximum Gasteiger partial charge on any atom is 0.293 e. The van der Waals surface area contributed by atoms with Gasteiger partial charge in [-0.15, -0.1) is 0 Å². The molecule has 0 bridgehead atoms. The third-order valence-electron chi connectivity index (χ3n) is 4.28.